The van der Waals surface area contributed by atoms with Crippen molar-refractivity contribution in [2.45, 2.75) is 200 Å². The van der Waals surface area contributed by atoms with Crippen LogP contribution in [-0.2, 0) is 32.7 Å². The lowest BCUT2D eigenvalue weighted by Crippen LogP contribution is -2.29. The number of unbranched alkanes of at least 4 members (excludes halogenated alkanes) is 19. The molecule has 0 fully saturated rings. The normalized spacial score (nSPS) is 13.8. The standard InChI is InChI=1S/C44H79O8P/c1-4-7-9-11-13-15-17-19-21-23-25-27-29-31-33-35-37-39-44(46)52-42(41-51-53(47,48)50-6-3)40-49-43(45)38-36-34-32-30-28-26-24-22-20-18-16-14-12-10-8-5-2/h13,15-16,18-19,21-22,24,42H,4-12,14,17,20,23,25-41H2,1-3H3,(H,47,48)/b15-13-,18-16-,21-19-,24-22-. The Morgan fingerprint density at radius 1 is 0.509 bits per heavy atom. The number of allylic oxidation sites excluding steroid dienone is 8. The predicted octanol–water partition coefficient (Wildman–Crippen LogP) is 13.4. The Morgan fingerprint density at radius 2 is 0.906 bits per heavy atom. The van der Waals surface area contributed by atoms with Gasteiger partial charge >= 0.3 is 19.8 Å². The number of esters is 2. The van der Waals surface area contributed by atoms with Crippen molar-refractivity contribution in [1.29, 1.82) is 0 Å². The van der Waals surface area contributed by atoms with Gasteiger partial charge in [0, 0.05) is 12.8 Å². The van der Waals surface area contributed by atoms with Crippen LogP contribution in [0.15, 0.2) is 48.6 Å². The maximum atomic E-state index is 12.5. The molecule has 0 rings (SSSR count). The molecule has 0 aromatic carbocycles. The summed E-state index contributed by atoms with van der Waals surface area (Å²) in [6.07, 6.45) is 45.8. The Hall–Kier alpha value is -1.99. The smallest absolute Gasteiger partial charge is 0.462 e. The number of phosphoric acid groups is 1. The van der Waals surface area contributed by atoms with Crippen LogP contribution in [0.2, 0.25) is 0 Å². The highest BCUT2D eigenvalue weighted by molar-refractivity contribution is 7.47. The van der Waals surface area contributed by atoms with E-state index in [4.69, 9.17) is 18.5 Å². The van der Waals surface area contributed by atoms with Gasteiger partial charge in [-0.15, -0.1) is 0 Å². The molecule has 0 bridgehead atoms. The predicted molar refractivity (Wildman–Crippen MR) is 221 cm³/mol. The third-order valence-electron chi connectivity index (χ3n) is 8.86. The molecular weight excluding hydrogens is 687 g/mol. The molecular formula is C44H79O8P. The molecule has 53 heavy (non-hydrogen) atoms. The molecule has 0 aliphatic heterocycles. The van der Waals surface area contributed by atoms with Gasteiger partial charge in [-0.2, -0.15) is 0 Å². The summed E-state index contributed by atoms with van der Waals surface area (Å²) in [6.45, 7) is 5.41. The van der Waals surface area contributed by atoms with Crippen LogP contribution < -0.4 is 0 Å². The molecule has 0 aliphatic carbocycles. The zero-order chi connectivity index (χ0) is 38.9. The lowest BCUT2D eigenvalue weighted by atomic mass is 10.1. The van der Waals surface area contributed by atoms with Crippen molar-refractivity contribution in [2.75, 3.05) is 19.8 Å². The molecule has 308 valence electrons. The fraction of sp³-hybridized carbons (Fsp3) is 0.773. The Morgan fingerprint density at radius 3 is 1.38 bits per heavy atom. The number of hydrogen-bond donors (Lipinski definition) is 1. The van der Waals surface area contributed by atoms with Crippen molar-refractivity contribution in [3.8, 4) is 0 Å². The van der Waals surface area contributed by atoms with E-state index in [-0.39, 0.29) is 32.0 Å². The Balaban J connectivity index is 4.13. The highest BCUT2D eigenvalue weighted by atomic mass is 31.2. The second kappa shape index (κ2) is 39.7. The molecule has 0 aromatic rings. The van der Waals surface area contributed by atoms with Gasteiger partial charge in [-0.1, -0.05) is 146 Å². The summed E-state index contributed by atoms with van der Waals surface area (Å²) >= 11 is 0. The number of carbonyl (C=O) groups excluding carboxylic acids is 2. The fourth-order valence-electron chi connectivity index (χ4n) is 5.69. The Labute approximate surface area is 325 Å². The molecule has 2 unspecified atom stereocenters. The molecule has 0 saturated heterocycles. The number of phosphoric ester groups is 1. The molecule has 0 radical (unpaired) electrons. The van der Waals surface area contributed by atoms with Crippen LogP contribution in [0.1, 0.15) is 194 Å². The van der Waals surface area contributed by atoms with Crippen molar-refractivity contribution in [2.24, 2.45) is 0 Å². The topological polar surface area (TPSA) is 108 Å². The molecule has 2 atom stereocenters. The first-order valence-electron chi connectivity index (χ1n) is 21.4. The first-order chi connectivity index (χ1) is 25.8. The summed E-state index contributed by atoms with van der Waals surface area (Å²) in [5, 5.41) is 0. The third kappa shape index (κ3) is 39.5. The molecule has 0 heterocycles. The summed E-state index contributed by atoms with van der Waals surface area (Å²) in [7, 11) is -4.29. The van der Waals surface area contributed by atoms with Gasteiger partial charge in [0.1, 0.15) is 6.61 Å². The fourth-order valence-corrected chi connectivity index (χ4v) is 6.44. The molecule has 0 spiro atoms. The number of hydrogen-bond acceptors (Lipinski definition) is 7. The van der Waals surface area contributed by atoms with Crippen LogP contribution in [0.25, 0.3) is 0 Å². The van der Waals surface area contributed by atoms with Crippen LogP contribution in [0.4, 0.5) is 0 Å². The van der Waals surface area contributed by atoms with Crippen LogP contribution in [0.3, 0.4) is 0 Å². The number of rotatable bonds is 39. The van der Waals surface area contributed by atoms with E-state index in [9.17, 15) is 19.0 Å². The zero-order valence-corrected chi connectivity index (χ0v) is 35.1. The summed E-state index contributed by atoms with van der Waals surface area (Å²) in [5.74, 6) is -0.823. The lowest BCUT2D eigenvalue weighted by Gasteiger charge is -2.19. The summed E-state index contributed by atoms with van der Waals surface area (Å²) in [6, 6.07) is 0. The molecule has 1 N–H and O–H groups in total. The van der Waals surface area contributed by atoms with Crippen molar-refractivity contribution in [3.63, 3.8) is 0 Å². The summed E-state index contributed by atoms with van der Waals surface area (Å²) in [5.41, 5.74) is 0. The highest BCUT2D eigenvalue weighted by Gasteiger charge is 2.25. The van der Waals surface area contributed by atoms with E-state index in [0.717, 1.165) is 77.0 Å². The van der Waals surface area contributed by atoms with Gasteiger partial charge in [0.15, 0.2) is 6.10 Å². The lowest BCUT2D eigenvalue weighted by molar-refractivity contribution is -0.161. The van der Waals surface area contributed by atoms with E-state index in [2.05, 4.69) is 62.5 Å². The molecule has 0 aromatic heterocycles. The van der Waals surface area contributed by atoms with E-state index in [0.29, 0.717) is 6.42 Å². The van der Waals surface area contributed by atoms with E-state index in [1.54, 1.807) is 6.92 Å². The molecule has 9 heteroatoms. The van der Waals surface area contributed by atoms with Crippen molar-refractivity contribution < 1.29 is 37.6 Å². The maximum absolute atomic E-state index is 12.5. The second-order valence-corrected chi connectivity index (χ2v) is 15.5. The monoisotopic (exact) mass is 767 g/mol. The number of carbonyl (C=O) groups is 2. The maximum Gasteiger partial charge on any atom is 0.472 e. The van der Waals surface area contributed by atoms with E-state index in [1.165, 1.54) is 77.0 Å². The van der Waals surface area contributed by atoms with E-state index in [1.807, 2.05) is 0 Å². The minimum Gasteiger partial charge on any atom is -0.462 e. The minimum absolute atomic E-state index is 0.00496. The largest absolute Gasteiger partial charge is 0.472 e. The second-order valence-electron chi connectivity index (χ2n) is 14.0. The van der Waals surface area contributed by atoms with E-state index >= 15 is 0 Å². The molecule has 8 nitrogen and oxygen atoms in total. The quantitative estimate of drug-likeness (QED) is 0.0285. The van der Waals surface area contributed by atoms with Gasteiger partial charge < -0.3 is 14.4 Å². The van der Waals surface area contributed by atoms with Crippen LogP contribution in [0, 0.1) is 0 Å². The van der Waals surface area contributed by atoms with Gasteiger partial charge in [0.05, 0.1) is 13.2 Å². The number of ether oxygens (including phenoxy) is 2. The third-order valence-corrected chi connectivity index (χ3v) is 9.92. The first-order valence-corrected chi connectivity index (χ1v) is 22.9. The van der Waals surface area contributed by atoms with Crippen LogP contribution in [-0.4, -0.2) is 42.8 Å². The van der Waals surface area contributed by atoms with Crippen molar-refractivity contribution in [3.05, 3.63) is 48.6 Å². The highest BCUT2D eigenvalue weighted by Crippen LogP contribution is 2.43. The Bertz CT molecular complexity index is 1010. The average molecular weight is 767 g/mol. The molecule has 0 amide bonds. The van der Waals surface area contributed by atoms with Gasteiger partial charge in [0.2, 0.25) is 0 Å². The van der Waals surface area contributed by atoms with Gasteiger partial charge in [-0.05, 0) is 84.0 Å². The zero-order valence-electron chi connectivity index (χ0n) is 34.2. The van der Waals surface area contributed by atoms with Gasteiger partial charge in [0.25, 0.3) is 0 Å². The molecule has 0 aliphatic rings. The van der Waals surface area contributed by atoms with Crippen molar-refractivity contribution in [1.82, 2.24) is 0 Å². The van der Waals surface area contributed by atoms with E-state index < -0.39 is 26.5 Å². The summed E-state index contributed by atoms with van der Waals surface area (Å²) < 4.78 is 32.6. The SMILES string of the molecule is CCCCC/C=C\C/C=C\CCCCCCCCCC(=O)OC(COC(=O)CCCCCCC/C=C\C/C=C\CCCCCC)COP(=O)(O)OCC. The summed E-state index contributed by atoms with van der Waals surface area (Å²) in [4.78, 5) is 34.7. The first kappa shape index (κ1) is 51.0. The van der Waals surface area contributed by atoms with Crippen LogP contribution >= 0.6 is 7.82 Å². The van der Waals surface area contributed by atoms with Gasteiger partial charge in [-0.25, -0.2) is 4.57 Å². The van der Waals surface area contributed by atoms with Crippen LogP contribution in [0.5, 0.6) is 0 Å². The molecule has 0 saturated carbocycles. The van der Waals surface area contributed by atoms with Crippen molar-refractivity contribution >= 4 is 19.8 Å². The average Bonchev–Trinajstić information content (AvgIpc) is 3.13. The van der Waals surface area contributed by atoms with Gasteiger partial charge in [-0.3, -0.25) is 18.6 Å². The Kier molecular flexibility index (Phi) is 38.2. The minimum atomic E-state index is -4.29.